The van der Waals surface area contributed by atoms with E-state index < -0.39 is 5.97 Å². The van der Waals surface area contributed by atoms with Crippen LogP contribution in [0.5, 0.6) is 0 Å². The van der Waals surface area contributed by atoms with E-state index in [0.717, 1.165) is 28.4 Å². The van der Waals surface area contributed by atoms with Crippen molar-refractivity contribution >= 4 is 28.8 Å². The number of nitrogens with one attached hydrogen (secondary N) is 1. The molecule has 0 atom stereocenters. The van der Waals surface area contributed by atoms with Crippen LogP contribution >= 0.6 is 11.8 Å². The Bertz CT molecular complexity index is 477. The zero-order valence-electron chi connectivity index (χ0n) is 9.35. The molecule has 90 valence electrons. The van der Waals surface area contributed by atoms with E-state index in [1.165, 1.54) is 0 Å². The van der Waals surface area contributed by atoms with Gasteiger partial charge in [0.1, 0.15) is 5.82 Å². The van der Waals surface area contributed by atoms with Crippen molar-refractivity contribution in [2.75, 3.05) is 5.75 Å². The maximum absolute atomic E-state index is 10.3. The van der Waals surface area contributed by atoms with E-state index in [1.54, 1.807) is 11.8 Å². The van der Waals surface area contributed by atoms with Crippen LogP contribution in [0.25, 0.3) is 11.0 Å². The molecule has 2 rings (SSSR count). The number of aliphatic carboxylic acids is 1. The number of hydrogen-bond donors (Lipinski definition) is 2. The Labute approximate surface area is 103 Å². The van der Waals surface area contributed by atoms with Gasteiger partial charge >= 0.3 is 5.97 Å². The lowest BCUT2D eigenvalue weighted by Crippen LogP contribution is -1.95. The molecule has 0 fully saturated rings. The van der Waals surface area contributed by atoms with Crippen LogP contribution in [0.1, 0.15) is 18.7 Å². The summed E-state index contributed by atoms with van der Waals surface area (Å²) in [6.07, 6.45) is 0.952. The van der Waals surface area contributed by atoms with E-state index in [9.17, 15) is 4.79 Å². The SMILES string of the molecule is O=C(O)CCCSCc1nc2ccccc2[nH]1. The van der Waals surface area contributed by atoms with E-state index in [-0.39, 0.29) is 6.42 Å². The summed E-state index contributed by atoms with van der Waals surface area (Å²) in [5, 5.41) is 8.50. The van der Waals surface area contributed by atoms with Gasteiger partial charge in [-0.25, -0.2) is 4.98 Å². The minimum absolute atomic E-state index is 0.243. The van der Waals surface area contributed by atoms with Crippen molar-refractivity contribution in [1.29, 1.82) is 0 Å². The van der Waals surface area contributed by atoms with Crippen molar-refractivity contribution in [1.82, 2.24) is 9.97 Å². The maximum atomic E-state index is 10.3. The maximum Gasteiger partial charge on any atom is 0.303 e. The first kappa shape index (κ1) is 12.0. The van der Waals surface area contributed by atoms with Crippen LogP contribution in [0, 0.1) is 0 Å². The number of thioether (sulfide) groups is 1. The second-order valence-electron chi connectivity index (χ2n) is 3.75. The number of imidazole rings is 1. The molecule has 17 heavy (non-hydrogen) atoms. The molecule has 1 aromatic heterocycles. The third kappa shape index (κ3) is 3.49. The van der Waals surface area contributed by atoms with Gasteiger partial charge in [-0.05, 0) is 24.3 Å². The minimum Gasteiger partial charge on any atom is -0.481 e. The van der Waals surface area contributed by atoms with Gasteiger partial charge in [-0.15, -0.1) is 0 Å². The number of carbonyl (C=O) groups is 1. The van der Waals surface area contributed by atoms with E-state index >= 15 is 0 Å². The van der Waals surface area contributed by atoms with Gasteiger partial charge in [-0.3, -0.25) is 4.79 Å². The molecule has 0 aliphatic rings. The summed E-state index contributed by atoms with van der Waals surface area (Å²) in [6, 6.07) is 7.92. The number of carboxylic acid groups (broad SMARTS) is 1. The lowest BCUT2D eigenvalue weighted by atomic mass is 10.3. The van der Waals surface area contributed by atoms with Crippen LogP contribution in [0.3, 0.4) is 0 Å². The van der Waals surface area contributed by atoms with Crippen molar-refractivity contribution in [3.05, 3.63) is 30.1 Å². The average molecular weight is 250 g/mol. The zero-order valence-corrected chi connectivity index (χ0v) is 10.2. The Balaban J connectivity index is 1.81. The zero-order chi connectivity index (χ0) is 12.1. The van der Waals surface area contributed by atoms with Crippen molar-refractivity contribution in [3.63, 3.8) is 0 Å². The Hall–Kier alpha value is -1.49. The molecule has 4 nitrogen and oxygen atoms in total. The van der Waals surface area contributed by atoms with Crippen LogP contribution in [0.15, 0.2) is 24.3 Å². The number of H-pyrrole nitrogens is 1. The molecule has 0 radical (unpaired) electrons. The quantitative estimate of drug-likeness (QED) is 0.773. The van der Waals surface area contributed by atoms with Crippen LogP contribution in [-0.4, -0.2) is 26.8 Å². The van der Waals surface area contributed by atoms with Crippen molar-refractivity contribution < 1.29 is 9.90 Å². The molecule has 0 aliphatic heterocycles. The summed E-state index contributed by atoms with van der Waals surface area (Å²) >= 11 is 1.71. The highest BCUT2D eigenvalue weighted by Crippen LogP contribution is 2.15. The first-order valence-electron chi connectivity index (χ1n) is 5.49. The van der Waals surface area contributed by atoms with Crippen LogP contribution in [0.4, 0.5) is 0 Å². The molecule has 1 aromatic carbocycles. The number of aromatic nitrogens is 2. The monoisotopic (exact) mass is 250 g/mol. The standard InChI is InChI=1S/C12H14N2O2S/c15-12(16)6-3-7-17-8-11-13-9-4-1-2-5-10(9)14-11/h1-2,4-5H,3,6-8H2,(H,13,14)(H,15,16). The molecule has 0 amide bonds. The molecule has 0 unspecified atom stereocenters. The lowest BCUT2D eigenvalue weighted by molar-refractivity contribution is -0.137. The Morgan fingerprint density at radius 2 is 2.24 bits per heavy atom. The second-order valence-corrected chi connectivity index (χ2v) is 4.86. The average Bonchev–Trinajstić information content (AvgIpc) is 2.70. The van der Waals surface area contributed by atoms with Crippen LogP contribution < -0.4 is 0 Å². The number of fused-ring (bicyclic) bond motifs is 1. The summed E-state index contributed by atoms with van der Waals surface area (Å²) in [5.41, 5.74) is 2.03. The Morgan fingerprint density at radius 3 is 3.00 bits per heavy atom. The number of aromatic amines is 1. The number of hydrogen-bond acceptors (Lipinski definition) is 3. The molecule has 1 heterocycles. The van der Waals surface area contributed by atoms with Crippen molar-refractivity contribution in [3.8, 4) is 0 Å². The fourth-order valence-electron chi connectivity index (χ4n) is 1.57. The third-order valence-corrected chi connectivity index (χ3v) is 3.41. The number of rotatable bonds is 6. The van der Waals surface area contributed by atoms with Crippen LogP contribution in [0.2, 0.25) is 0 Å². The molecule has 0 bridgehead atoms. The molecule has 2 N–H and O–H groups in total. The molecular formula is C12H14N2O2S. The van der Waals surface area contributed by atoms with Gasteiger partial charge in [0.2, 0.25) is 0 Å². The van der Waals surface area contributed by atoms with Gasteiger partial charge in [0.15, 0.2) is 0 Å². The first-order valence-corrected chi connectivity index (χ1v) is 6.64. The fourth-order valence-corrected chi connectivity index (χ4v) is 2.39. The first-order chi connectivity index (χ1) is 8.25. The van der Waals surface area contributed by atoms with Crippen molar-refractivity contribution in [2.24, 2.45) is 0 Å². The highest BCUT2D eigenvalue weighted by Gasteiger charge is 2.02. The second kappa shape index (κ2) is 5.72. The predicted octanol–water partition coefficient (Wildman–Crippen LogP) is 2.66. The highest BCUT2D eigenvalue weighted by atomic mass is 32.2. The summed E-state index contributed by atoms with van der Waals surface area (Å²) in [4.78, 5) is 18.0. The largest absolute Gasteiger partial charge is 0.481 e. The summed E-state index contributed by atoms with van der Waals surface area (Å²) < 4.78 is 0. The molecule has 0 saturated carbocycles. The molecule has 5 heteroatoms. The summed E-state index contributed by atoms with van der Waals surface area (Å²) in [5.74, 6) is 1.87. The fraction of sp³-hybridized carbons (Fsp3) is 0.333. The number of carboxylic acids is 1. The van der Waals surface area contributed by atoms with Gasteiger partial charge < -0.3 is 10.1 Å². The van der Waals surface area contributed by atoms with Gasteiger partial charge in [-0.1, -0.05) is 12.1 Å². The van der Waals surface area contributed by atoms with E-state index in [2.05, 4.69) is 9.97 Å². The lowest BCUT2D eigenvalue weighted by Gasteiger charge is -1.96. The number of para-hydroxylation sites is 2. The molecule has 0 saturated heterocycles. The topological polar surface area (TPSA) is 66.0 Å². The highest BCUT2D eigenvalue weighted by molar-refractivity contribution is 7.98. The molecule has 0 spiro atoms. The Kier molecular flexibility index (Phi) is 4.03. The molecule has 2 aromatic rings. The normalized spacial score (nSPS) is 10.8. The third-order valence-electron chi connectivity index (χ3n) is 2.36. The van der Waals surface area contributed by atoms with Gasteiger partial charge in [0, 0.05) is 6.42 Å². The van der Waals surface area contributed by atoms with Crippen molar-refractivity contribution in [2.45, 2.75) is 18.6 Å². The molecule has 0 aliphatic carbocycles. The number of nitrogens with zero attached hydrogens (tertiary/aromatic N) is 1. The van der Waals surface area contributed by atoms with Gasteiger partial charge in [-0.2, -0.15) is 11.8 Å². The number of benzene rings is 1. The summed E-state index contributed by atoms with van der Waals surface area (Å²) in [6.45, 7) is 0. The predicted molar refractivity (Wildman–Crippen MR) is 69.1 cm³/mol. The van der Waals surface area contributed by atoms with Crippen LogP contribution in [-0.2, 0) is 10.5 Å². The van der Waals surface area contributed by atoms with E-state index in [1.807, 2.05) is 24.3 Å². The van der Waals surface area contributed by atoms with E-state index in [4.69, 9.17) is 5.11 Å². The molecular weight excluding hydrogens is 236 g/mol. The Morgan fingerprint density at radius 1 is 1.41 bits per heavy atom. The van der Waals surface area contributed by atoms with E-state index in [0.29, 0.717) is 6.42 Å². The van der Waals surface area contributed by atoms with Gasteiger partial charge in [0.05, 0.1) is 16.8 Å². The smallest absolute Gasteiger partial charge is 0.303 e. The summed E-state index contributed by atoms with van der Waals surface area (Å²) in [7, 11) is 0. The minimum atomic E-state index is -0.727. The van der Waals surface area contributed by atoms with Gasteiger partial charge in [0.25, 0.3) is 0 Å².